The molecule has 1 aromatic heterocycles. The van der Waals surface area contributed by atoms with E-state index in [2.05, 4.69) is 40.6 Å². The van der Waals surface area contributed by atoms with E-state index in [0.29, 0.717) is 10.0 Å². The van der Waals surface area contributed by atoms with Gasteiger partial charge < -0.3 is 5.32 Å². The van der Waals surface area contributed by atoms with Gasteiger partial charge in [0.15, 0.2) is 5.13 Å². The summed E-state index contributed by atoms with van der Waals surface area (Å²) < 4.78 is 0. The summed E-state index contributed by atoms with van der Waals surface area (Å²) >= 11 is 13.6. The first-order valence-corrected chi connectivity index (χ1v) is 8.99. The zero-order valence-corrected chi connectivity index (χ0v) is 14.8. The Balaban J connectivity index is 1.61. The van der Waals surface area contributed by atoms with Crippen LogP contribution in [-0.4, -0.2) is 4.98 Å². The number of rotatable bonds is 3. The van der Waals surface area contributed by atoms with Gasteiger partial charge in [-0.3, -0.25) is 0 Å². The minimum absolute atomic E-state index is 0.534. The van der Waals surface area contributed by atoms with Crippen molar-refractivity contribution >= 4 is 56.1 Å². The number of benzene rings is 3. The molecule has 0 bridgehead atoms. The molecule has 0 saturated carbocycles. The van der Waals surface area contributed by atoms with Gasteiger partial charge in [0.2, 0.25) is 0 Å². The molecule has 0 spiro atoms. The summed E-state index contributed by atoms with van der Waals surface area (Å²) in [6.07, 6.45) is 0. The van der Waals surface area contributed by atoms with E-state index in [1.807, 2.05) is 29.6 Å². The van der Waals surface area contributed by atoms with Crippen molar-refractivity contribution in [2.75, 3.05) is 5.32 Å². The van der Waals surface area contributed by atoms with E-state index < -0.39 is 0 Å². The third kappa shape index (κ3) is 3.11. The molecule has 0 amide bonds. The highest BCUT2D eigenvalue weighted by atomic mass is 35.5. The lowest BCUT2D eigenvalue weighted by molar-refractivity contribution is 1.38. The van der Waals surface area contributed by atoms with Crippen molar-refractivity contribution in [1.82, 2.24) is 4.98 Å². The quantitative estimate of drug-likeness (QED) is 0.419. The fraction of sp³-hybridized carbons (Fsp3) is 0. The highest BCUT2D eigenvalue weighted by Gasteiger charge is 2.07. The van der Waals surface area contributed by atoms with Crippen LogP contribution in [0.1, 0.15) is 0 Å². The number of halogens is 2. The lowest BCUT2D eigenvalue weighted by Crippen LogP contribution is -1.89. The number of fused-ring (bicyclic) bond motifs is 1. The van der Waals surface area contributed by atoms with E-state index in [1.165, 1.54) is 10.8 Å². The van der Waals surface area contributed by atoms with Crippen LogP contribution in [0.5, 0.6) is 0 Å². The summed E-state index contributed by atoms with van der Waals surface area (Å²) in [5.74, 6) is 0. The first kappa shape index (κ1) is 15.5. The Hall–Kier alpha value is -2.07. The van der Waals surface area contributed by atoms with Gasteiger partial charge in [-0.1, -0.05) is 59.6 Å². The number of nitrogens with zero attached hydrogens (tertiary/aromatic N) is 1. The highest BCUT2D eigenvalue weighted by molar-refractivity contribution is 7.14. The summed E-state index contributed by atoms with van der Waals surface area (Å²) in [5.41, 5.74) is 2.85. The normalized spacial score (nSPS) is 10.9. The molecule has 5 heteroatoms. The number of thiazole rings is 1. The monoisotopic (exact) mass is 370 g/mol. The van der Waals surface area contributed by atoms with Crippen LogP contribution in [0.2, 0.25) is 10.0 Å². The van der Waals surface area contributed by atoms with E-state index in [1.54, 1.807) is 17.4 Å². The van der Waals surface area contributed by atoms with Crippen molar-refractivity contribution in [3.05, 3.63) is 76.1 Å². The van der Waals surface area contributed by atoms with Gasteiger partial charge in [-0.25, -0.2) is 4.98 Å². The van der Waals surface area contributed by atoms with E-state index in [9.17, 15) is 0 Å². The topological polar surface area (TPSA) is 24.9 Å². The number of nitrogens with one attached hydrogen (secondary N) is 1. The Bertz CT molecular complexity index is 1030. The van der Waals surface area contributed by atoms with Crippen molar-refractivity contribution in [3.63, 3.8) is 0 Å². The third-order valence-corrected chi connectivity index (χ3v) is 5.22. The van der Waals surface area contributed by atoms with Crippen LogP contribution in [-0.2, 0) is 0 Å². The minimum Gasteiger partial charge on any atom is -0.332 e. The number of hydrogen-bond acceptors (Lipinski definition) is 3. The number of anilines is 2. The van der Waals surface area contributed by atoms with Gasteiger partial charge in [0.05, 0.1) is 15.7 Å². The van der Waals surface area contributed by atoms with E-state index in [-0.39, 0.29) is 0 Å². The molecule has 24 heavy (non-hydrogen) atoms. The average Bonchev–Trinajstić information content (AvgIpc) is 3.06. The van der Waals surface area contributed by atoms with Gasteiger partial charge in [-0.2, -0.15) is 0 Å². The molecule has 4 aromatic rings. The van der Waals surface area contributed by atoms with Crippen LogP contribution in [0, 0.1) is 0 Å². The Morgan fingerprint density at radius 3 is 2.50 bits per heavy atom. The molecule has 118 valence electrons. The van der Waals surface area contributed by atoms with Crippen LogP contribution in [0.15, 0.2) is 66.0 Å². The van der Waals surface area contributed by atoms with Gasteiger partial charge in [0, 0.05) is 16.6 Å². The van der Waals surface area contributed by atoms with E-state index in [0.717, 1.165) is 22.1 Å². The van der Waals surface area contributed by atoms with Crippen molar-refractivity contribution in [2.45, 2.75) is 0 Å². The fourth-order valence-corrected chi connectivity index (χ4v) is 3.55. The Morgan fingerprint density at radius 1 is 0.833 bits per heavy atom. The van der Waals surface area contributed by atoms with E-state index >= 15 is 0 Å². The maximum atomic E-state index is 6.08. The fourth-order valence-electron chi connectivity index (χ4n) is 2.51. The summed E-state index contributed by atoms with van der Waals surface area (Å²) in [7, 11) is 0. The summed E-state index contributed by atoms with van der Waals surface area (Å²) in [6, 6.07) is 20.1. The largest absolute Gasteiger partial charge is 0.332 e. The van der Waals surface area contributed by atoms with Gasteiger partial charge in [-0.05, 0) is 35.0 Å². The first-order valence-electron chi connectivity index (χ1n) is 7.36. The molecule has 0 atom stereocenters. The lowest BCUT2D eigenvalue weighted by Gasteiger charge is -2.04. The van der Waals surface area contributed by atoms with Crippen LogP contribution in [0.3, 0.4) is 0 Å². The molecule has 3 aromatic carbocycles. The van der Waals surface area contributed by atoms with Gasteiger partial charge in [0.1, 0.15) is 0 Å². The predicted molar refractivity (Wildman–Crippen MR) is 105 cm³/mol. The Labute approximate surface area is 153 Å². The van der Waals surface area contributed by atoms with Crippen molar-refractivity contribution in [2.24, 2.45) is 0 Å². The van der Waals surface area contributed by atoms with Crippen LogP contribution in [0.25, 0.3) is 22.0 Å². The van der Waals surface area contributed by atoms with Crippen molar-refractivity contribution < 1.29 is 0 Å². The molecule has 1 N–H and O–H groups in total. The molecule has 0 aliphatic rings. The van der Waals surface area contributed by atoms with Gasteiger partial charge >= 0.3 is 0 Å². The molecule has 0 aliphatic heterocycles. The second kappa shape index (κ2) is 6.44. The molecule has 0 fully saturated rings. The number of hydrogen-bond donors (Lipinski definition) is 1. The van der Waals surface area contributed by atoms with Crippen LogP contribution >= 0.6 is 34.5 Å². The SMILES string of the molecule is Clc1ccc(-c2csc(Nc3ccc4ccccc4c3)n2)cc1Cl. The predicted octanol–water partition coefficient (Wildman–Crippen LogP) is 7.01. The molecule has 4 rings (SSSR count). The zero-order chi connectivity index (χ0) is 16.5. The molecule has 0 unspecified atom stereocenters. The number of aromatic nitrogens is 1. The average molecular weight is 371 g/mol. The highest BCUT2D eigenvalue weighted by Crippen LogP contribution is 2.31. The smallest absolute Gasteiger partial charge is 0.187 e. The summed E-state index contributed by atoms with van der Waals surface area (Å²) in [5, 5.41) is 9.70. The second-order valence-corrected chi connectivity index (χ2v) is 7.03. The van der Waals surface area contributed by atoms with Gasteiger partial charge in [0.25, 0.3) is 0 Å². The summed E-state index contributed by atoms with van der Waals surface area (Å²) in [6.45, 7) is 0. The summed E-state index contributed by atoms with van der Waals surface area (Å²) in [4.78, 5) is 4.63. The van der Waals surface area contributed by atoms with E-state index in [4.69, 9.17) is 23.2 Å². The molecule has 0 radical (unpaired) electrons. The maximum Gasteiger partial charge on any atom is 0.187 e. The first-order chi connectivity index (χ1) is 11.7. The van der Waals surface area contributed by atoms with Crippen LogP contribution in [0.4, 0.5) is 10.8 Å². The second-order valence-electron chi connectivity index (χ2n) is 5.35. The molecule has 0 saturated heterocycles. The third-order valence-electron chi connectivity index (χ3n) is 3.72. The standard InChI is InChI=1S/C19H12Cl2N2S/c20-16-8-6-14(10-17(16)21)18-11-24-19(23-18)22-15-7-5-12-3-1-2-4-13(12)9-15/h1-11H,(H,22,23). The molecular formula is C19H12Cl2N2S. The van der Waals surface area contributed by atoms with Gasteiger partial charge in [-0.15, -0.1) is 11.3 Å². The molecule has 0 aliphatic carbocycles. The van der Waals surface area contributed by atoms with Crippen LogP contribution < -0.4 is 5.32 Å². The molecule has 2 nitrogen and oxygen atoms in total. The lowest BCUT2D eigenvalue weighted by atomic mass is 10.1. The Morgan fingerprint density at radius 2 is 1.67 bits per heavy atom. The Kier molecular flexibility index (Phi) is 4.15. The maximum absolute atomic E-state index is 6.08. The molecular weight excluding hydrogens is 359 g/mol. The van der Waals surface area contributed by atoms with Crippen molar-refractivity contribution in [1.29, 1.82) is 0 Å². The zero-order valence-electron chi connectivity index (χ0n) is 12.5. The van der Waals surface area contributed by atoms with Crippen molar-refractivity contribution in [3.8, 4) is 11.3 Å². The minimum atomic E-state index is 0.534. The molecule has 1 heterocycles.